The van der Waals surface area contributed by atoms with E-state index in [4.69, 9.17) is 4.74 Å². The van der Waals surface area contributed by atoms with Gasteiger partial charge in [0.05, 0.1) is 11.5 Å². The molecule has 2 N–H and O–H groups in total. The number of nitrogens with one attached hydrogen (secondary N) is 2. The van der Waals surface area contributed by atoms with Gasteiger partial charge < -0.3 is 10.1 Å². The van der Waals surface area contributed by atoms with E-state index >= 15 is 0 Å². The van der Waals surface area contributed by atoms with Gasteiger partial charge >= 0.3 is 0 Å². The minimum absolute atomic E-state index is 0.0230. The average Bonchev–Trinajstić information content (AvgIpc) is 2.45. The van der Waals surface area contributed by atoms with Gasteiger partial charge in [-0.1, -0.05) is 19.1 Å². The highest BCUT2D eigenvalue weighted by Crippen LogP contribution is 2.11. The van der Waals surface area contributed by atoms with Crippen LogP contribution in [0.25, 0.3) is 0 Å². The molecule has 0 spiro atoms. The lowest BCUT2D eigenvalue weighted by Gasteiger charge is -2.12. The minimum Gasteiger partial charge on any atom is -0.383 e. The molecule has 1 amide bonds. The first-order valence-electron chi connectivity index (χ1n) is 7.26. The Morgan fingerprint density at radius 2 is 1.91 bits per heavy atom. The van der Waals surface area contributed by atoms with Gasteiger partial charge in [0.15, 0.2) is 0 Å². The van der Waals surface area contributed by atoms with E-state index in [2.05, 4.69) is 10.0 Å². The van der Waals surface area contributed by atoms with E-state index < -0.39 is 10.0 Å². The monoisotopic (exact) mass is 328 g/mol. The Kier molecular flexibility index (Phi) is 7.50. The van der Waals surface area contributed by atoms with Crippen molar-refractivity contribution in [1.82, 2.24) is 10.0 Å². The summed E-state index contributed by atoms with van der Waals surface area (Å²) < 4.78 is 31.0. The summed E-state index contributed by atoms with van der Waals surface area (Å²) in [5.74, 6) is -0.0473. The molecule has 0 heterocycles. The second kappa shape index (κ2) is 8.87. The van der Waals surface area contributed by atoms with Gasteiger partial charge in [-0.3, -0.25) is 4.79 Å². The zero-order chi connectivity index (χ0) is 16.6. The van der Waals surface area contributed by atoms with Gasteiger partial charge in [0.2, 0.25) is 15.9 Å². The van der Waals surface area contributed by atoms with E-state index in [-0.39, 0.29) is 16.8 Å². The highest BCUT2D eigenvalue weighted by atomic mass is 32.2. The van der Waals surface area contributed by atoms with Crippen LogP contribution in [0.1, 0.15) is 25.8 Å². The number of aryl methyl sites for hydroxylation is 1. The van der Waals surface area contributed by atoms with Crippen molar-refractivity contribution in [3.63, 3.8) is 0 Å². The Bertz CT molecular complexity index is 570. The summed E-state index contributed by atoms with van der Waals surface area (Å²) >= 11 is 0. The fourth-order valence-electron chi connectivity index (χ4n) is 2.01. The fourth-order valence-corrected chi connectivity index (χ4v) is 3.05. The van der Waals surface area contributed by atoms with Crippen molar-refractivity contribution in [3.05, 3.63) is 29.8 Å². The molecule has 0 unspecified atom stereocenters. The van der Waals surface area contributed by atoms with Crippen molar-refractivity contribution < 1.29 is 17.9 Å². The summed E-state index contributed by atoms with van der Waals surface area (Å²) in [5, 5.41) is 2.83. The predicted molar refractivity (Wildman–Crippen MR) is 85.1 cm³/mol. The summed E-state index contributed by atoms with van der Waals surface area (Å²) in [6.45, 7) is 4.43. The lowest BCUT2D eigenvalue weighted by Crippen LogP contribution is -2.35. The number of carbonyl (C=O) groups is 1. The Balaban J connectivity index is 2.53. The standard InChI is InChI=1S/C15H24N2O4S/c1-4-16-22(19,20)14-8-5-13(6-9-14)7-10-15(18)17-12(2)11-21-3/h5-6,8-9,12,16H,4,7,10-11H2,1-3H3,(H,17,18)/t12-/m0/s1. The third-order valence-corrected chi connectivity index (χ3v) is 4.59. The van der Waals surface area contributed by atoms with Gasteiger partial charge in [0.25, 0.3) is 0 Å². The number of methoxy groups -OCH3 is 1. The first kappa shape index (κ1) is 18.6. The molecule has 1 aromatic carbocycles. The Morgan fingerprint density at radius 1 is 1.27 bits per heavy atom. The summed E-state index contributed by atoms with van der Waals surface area (Å²) in [7, 11) is -1.83. The molecule has 0 saturated heterocycles. The summed E-state index contributed by atoms with van der Waals surface area (Å²) in [4.78, 5) is 12.0. The number of rotatable bonds is 9. The summed E-state index contributed by atoms with van der Waals surface area (Å²) in [6.07, 6.45) is 0.917. The van der Waals surface area contributed by atoms with E-state index in [1.165, 1.54) is 0 Å². The molecule has 0 fully saturated rings. The Labute approximate surface area is 132 Å². The van der Waals surface area contributed by atoms with E-state index in [0.29, 0.717) is 26.0 Å². The lowest BCUT2D eigenvalue weighted by molar-refractivity contribution is -0.122. The summed E-state index contributed by atoms with van der Waals surface area (Å²) in [5.41, 5.74) is 0.921. The van der Waals surface area contributed by atoms with Crippen LogP contribution >= 0.6 is 0 Å². The van der Waals surface area contributed by atoms with Crippen LogP contribution in [0.2, 0.25) is 0 Å². The number of ether oxygens (including phenoxy) is 1. The number of benzene rings is 1. The number of hydrogen-bond acceptors (Lipinski definition) is 4. The van der Waals surface area contributed by atoms with Gasteiger partial charge in [-0.2, -0.15) is 0 Å². The van der Waals surface area contributed by atoms with E-state index in [1.54, 1.807) is 38.3 Å². The Morgan fingerprint density at radius 3 is 2.45 bits per heavy atom. The lowest BCUT2D eigenvalue weighted by atomic mass is 10.1. The van der Waals surface area contributed by atoms with Gasteiger partial charge in [-0.25, -0.2) is 13.1 Å². The molecule has 0 aliphatic carbocycles. The van der Waals surface area contributed by atoms with Crippen molar-refractivity contribution in [2.45, 2.75) is 37.6 Å². The van der Waals surface area contributed by atoms with Gasteiger partial charge in [0.1, 0.15) is 0 Å². The zero-order valence-electron chi connectivity index (χ0n) is 13.3. The van der Waals surface area contributed by atoms with Crippen molar-refractivity contribution in [2.24, 2.45) is 0 Å². The molecule has 0 aliphatic heterocycles. The molecular formula is C15H24N2O4S. The SMILES string of the molecule is CCNS(=O)(=O)c1ccc(CCC(=O)N[C@@H](C)COC)cc1. The van der Waals surface area contributed by atoms with Crippen molar-refractivity contribution in [1.29, 1.82) is 0 Å². The first-order valence-corrected chi connectivity index (χ1v) is 8.74. The first-order chi connectivity index (χ1) is 10.4. The molecule has 7 heteroatoms. The number of sulfonamides is 1. The molecule has 1 atom stereocenters. The third-order valence-electron chi connectivity index (χ3n) is 3.03. The van der Waals surface area contributed by atoms with Crippen LogP contribution in [0.3, 0.4) is 0 Å². The van der Waals surface area contributed by atoms with Crippen LogP contribution in [0.5, 0.6) is 0 Å². The van der Waals surface area contributed by atoms with Gasteiger partial charge in [0, 0.05) is 26.1 Å². The van der Waals surface area contributed by atoms with Crippen LogP contribution in [-0.4, -0.2) is 40.6 Å². The van der Waals surface area contributed by atoms with Crippen LogP contribution in [-0.2, 0) is 26.0 Å². The van der Waals surface area contributed by atoms with E-state index in [9.17, 15) is 13.2 Å². The van der Waals surface area contributed by atoms with Crippen molar-refractivity contribution >= 4 is 15.9 Å². The average molecular weight is 328 g/mol. The molecule has 0 aromatic heterocycles. The second-order valence-corrected chi connectivity index (χ2v) is 6.84. The van der Waals surface area contributed by atoms with Crippen LogP contribution in [0.4, 0.5) is 0 Å². The van der Waals surface area contributed by atoms with Crippen molar-refractivity contribution in [3.8, 4) is 0 Å². The maximum atomic E-state index is 11.8. The fraction of sp³-hybridized carbons (Fsp3) is 0.533. The normalized spacial score (nSPS) is 12.9. The minimum atomic E-state index is -3.42. The molecule has 22 heavy (non-hydrogen) atoms. The predicted octanol–water partition coefficient (Wildman–Crippen LogP) is 1.07. The molecule has 1 rings (SSSR count). The Hall–Kier alpha value is -1.44. The number of amides is 1. The topological polar surface area (TPSA) is 84.5 Å². The molecule has 0 saturated carbocycles. The molecule has 0 bridgehead atoms. The summed E-state index contributed by atoms with van der Waals surface area (Å²) in [6, 6.07) is 6.55. The number of carbonyl (C=O) groups excluding carboxylic acids is 1. The quantitative estimate of drug-likeness (QED) is 0.710. The maximum Gasteiger partial charge on any atom is 0.240 e. The molecular weight excluding hydrogens is 304 g/mol. The molecule has 0 aliphatic rings. The van der Waals surface area contributed by atoms with Gasteiger partial charge in [-0.05, 0) is 31.0 Å². The van der Waals surface area contributed by atoms with Crippen molar-refractivity contribution in [2.75, 3.05) is 20.3 Å². The number of hydrogen-bond donors (Lipinski definition) is 2. The maximum absolute atomic E-state index is 11.8. The molecule has 1 aromatic rings. The molecule has 0 radical (unpaired) electrons. The van der Waals surface area contributed by atoms with Gasteiger partial charge in [-0.15, -0.1) is 0 Å². The van der Waals surface area contributed by atoms with Crippen LogP contribution in [0, 0.1) is 0 Å². The molecule has 124 valence electrons. The third kappa shape index (κ3) is 6.13. The van der Waals surface area contributed by atoms with E-state index in [0.717, 1.165) is 5.56 Å². The smallest absolute Gasteiger partial charge is 0.240 e. The van der Waals surface area contributed by atoms with E-state index in [1.807, 2.05) is 6.92 Å². The second-order valence-electron chi connectivity index (χ2n) is 5.07. The zero-order valence-corrected chi connectivity index (χ0v) is 14.1. The van der Waals surface area contributed by atoms with Crippen LogP contribution < -0.4 is 10.0 Å². The highest BCUT2D eigenvalue weighted by Gasteiger charge is 2.12. The molecule has 6 nitrogen and oxygen atoms in total. The largest absolute Gasteiger partial charge is 0.383 e. The highest BCUT2D eigenvalue weighted by molar-refractivity contribution is 7.89. The van der Waals surface area contributed by atoms with Crippen LogP contribution in [0.15, 0.2) is 29.2 Å².